The lowest BCUT2D eigenvalue weighted by atomic mass is 9.98. The smallest absolute Gasteiger partial charge is 0.350 e. The van der Waals surface area contributed by atoms with Gasteiger partial charge in [0, 0.05) is 0 Å². The fraction of sp³-hybridized carbons (Fsp3) is 0.625. The van der Waals surface area contributed by atoms with Crippen molar-refractivity contribution in [3.05, 3.63) is 32.9 Å². The fourth-order valence-electron chi connectivity index (χ4n) is 2.35. The summed E-state index contributed by atoms with van der Waals surface area (Å²) in [6.07, 6.45) is 5.37. The highest BCUT2D eigenvalue weighted by Crippen LogP contribution is 2.19. The SMILES string of the molecule is CCCCCCc1c(C)oc(=O)c(C(=O)OCC)c1C. The van der Waals surface area contributed by atoms with Crippen LogP contribution in [0.4, 0.5) is 0 Å². The lowest BCUT2D eigenvalue weighted by Gasteiger charge is -2.11. The summed E-state index contributed by atoms with van der Waals surface area (Å²) < 4.78 is 10.1. The normalized spacial score (nSPS) is 10.6. The summed E-state index contributed by atoms with van der Waals surface area (Å²) in [5.74, 6) is 0.0191. The summed E-state index contributed by atoms with van der Waals surface area (Å²) in [7, 11) is 0. The van der Waals surface area contributed by atoms with Crippen LogP contribution in [0.2, 0.25) is 0 Å². The van der Waals surface area contributed by atoms with Crippen LogP contribution in [-0.2, 0) is 11.2 Å². The maximum atomic E-state index is 11.8. The second-order valence-electron chi connectivity index (χ2n) is 4.96. The summed E-state index contributed by atoms with van der Waals surface area (Å²) in [4.78, 5) is 23.7. The molecule has 0 amide bonds. The molecule has 0 aliphatic heterocycles. The Bertz CT molecular complexity index is 514. The van der Waals surface area contributed by atoms with Crippen LogP contribution in [0, 0.1) is 13.8 Å². The van der Waals surface area contributed by atoms with E-state index in [-0.39, 0.29) is 12.2 Å². The summed E-state index contributed by atoms with van der Waals surface area (Å²) in [6.45, 7) is 7.70. The third kappa shape index (κ3) is 3.95. The highest BCUT2D eigenvalue weighted by Gasteiger charge is 2.21. The molecule has 1 aromatic heterocycles. The van der Waals surface area contributed by atoms with Gasteiger partial charge in [0.15, 0.2) is 0 Å². The Hall–Kier alpha value is -1.58. The zero-order valence-corrected chi connectivity index (χ0v) is 12.9. The lowest BCUT2D eigenvalue weighted by Crippen LogP contribution is -2.21. The summed E-state index contributed by atoms with van der Waals surface area (Å²) in [6, 6.07) is 0. The van der Waals surface area contributed by atoms with E-state index in [1.807, 2.05) is 0 Å². The number of aryl methyl sites for hydroxylation is 1. The van der Waals surface area contributed by atoms with Crippen molar-refractivity contribution in [3.8, 4) is 0 Å². The van der Waals surface area contributed by atoms with E-state index >= 15 is 0 Å². The maximum absolute atomic E-state index is 11.8. The van der Waals surface area contributed by atoms with Crippen LogP contribution < -0.4 is 5.63 Å². The van der Waals surface area contributed by atoms with Gasteiger partial charge in [-0.15, -0.1) is 0 Å². The van der Waals surface area contributed by atoms with Crippen molar-refractivity contribution in [3.63, 3.8) is 0 Å². The molecule has 0 bridgehead atoms. The standard InChI is InChI=1S/C16H24O4/c1-5-7-8-9-10-13-11(3)14(15(17)19-6-2)16(18)20-12(13)4/h5-10H2,1-4H3. The van der Waals surface area contributed by atoms with Crippen LogP contribution in [0.15, 0.2) is 9.21 Å². The first kappa shape index (κ1) is 16.5. The molecule has 0 fully saturated rings. The minimum atomic E-state index is -0.601. The highest BCUT2D eigenvalue weighted by molar-refractivity contribution is 5.90. The van der Waals surface area contributed by atoms with Crippen molar-refractivity contribution in [2.45, 2.75) is 59.8 Å². The molecule has 4 heteroatoms. The Kier molecular flexibility index (Phi) is 6.49. The van der Waals surface area contributed by atoms with Crippen molar-refractivity contribution in [1.82, 2.24) is 0 Å². The van der Waals surface area contributed by atoms with Crippen LogP contribution >= 0.6 is 0 Å². The van der Waals surface area contributed by atoms with Gasteiger partial charge >= 0.3 is 11.6 Å². The topological polar surface area (TPSA) is 56.5 Å². The highest BCUT2D eigenvalue weighted by atomic mass is 16.5. The minimum absolute atomic E-state index is 0.0444. The molecule has 0 N–H and O–H groups in total. The Labute approximate surface area is 120 Å². The Morgan fingerprint density at radius 1 is 1.15 bits per heavy atom. The van der Waals surface area contributed by atoms with Crippen LogP contribution in [-0.4, -0.2) is 12.6 Å². The second kappa shape index (κ2) is 7.88. The molecule has 0 aliphatic carbocycles. The van der Waals surface area contributed by atoms with Gasteiger partial charge in [-0.05, 0) is 44.7 Å². The number of hydrogen-bond donors (Lipinski definition) is 0. The molecule has 0 saturated carbocycles. The maximum Gasteiger partial charge on any atom is 0.350 e. The average Bonchev–Trinajstić information content (AvgIpc) is 2.37. The molecule has 0 atom stereocenters. The third-order valence-corrected chi connectivity index (χ3v) is 3.46. The number of carbonyl (C=O) groups excluding carboxylic acids is 1. The van der Waals surface area contributed by atoms with E-state index in [2.05, 4.69) is 6.92 Å². The van der Waals surface area contributed by atoms with Crippen molar-refractivity contribution in [1.29, 1.82) is 0 Å². The molecule has 0 aliphatic rings. The van der Waals surface area contributed by atoms with E-state index in [4.69, 9.17) is 9.15 Å². The summed E-state index contributed by atoms with van der Waals surface area (Å²) in [5.41, 5.74) is 1.11. The van der Waals surface area contributed by atoms with Crippen LogP contribution in [0.25, 0.3) is 0 Å². The fourth-order valence-corrected chi connectivity index (χ4v) is 2.35. The van der Waals surface area contributed by atoms with Crippen molar-refractivity contribution < 1.29 is 13.9 Å². The number of carbonyl (C=O) groups is 1. The first-order valence-corrected chi connectivity index (χ1v) is 7.33. The molecule has 20 heavy (non-hydrogen) atoms. The van der Waals surface area contributed by atoms with E-state index in [0.29, 0.717) is 11.3 Å². The first-order chi connectivity index (χ1) is 9.52. The average molecular weight is 280 g/mol. The van der Waals surface area contributed by atoms with Crippen molar-refractivity contribution >= 4 is 5.97 Å². The largest absolute Gasteiger partial charge is 0.462 e. The number of unbranched alkanes of at least 4 members (excludes halogenated alkanes) is 3. The van der Waals surface area contributed by atoms with E-state index in [9.17, 15) is 9.59 Å². The molecule has 1 rings (SSSR count). The third-order valence-electron chi connectivity index (χ3n) is 3.46. The van der Waals surface area contributed by atoms with Crippen molar-refractivity contribution in [2.24, 2.45) is 0 Å². The van der Waals surface area contributed by atoms with E-state index in [0.717, 1.165) is 24.8 Å². The van der Waals surface area contributed by atoms with Gasteiger partial charge in [0.25, 0.3) is 0 Å². The van der Waals surface area contributed by atoms with Gasteiger partial charge in [0.2, 0.25) is 0 Å². The lowest BCUT2D eigenvalue weighted by molar-refractivity contribution is 0.0519. The molecular weight excluding hydrogens is 256 g/mol. The number of rotatable bonds is 7. The van der Waals surface area contributed by atoms with E-state index < -0.39 is 11.6 Å². The molecule has 0 saturated heterocycles. The van der Waals surface area contributed by atoms with Crippen LogP contribution in [0.3, 0.4) is 0 Å². The van der Waals surface area contributed by atoms with Crippen molar-refractivity contribution in [2.75, 3.05) is 6.61 Å². The van der Waals surface area contributed by atoms with Gasteiger partial charge in [-0.3, -0.25) is 0 Å². The molecule has 112 valence electrons. The van der Waals surface area contributed by atoms with E-state index in [1.54, 1.807) is 20.8 Å². The molecule has 4 nitrogen and oxygen atoms in total. The molecule has 0 aromatic carbocycles. The molecule has 0 radical (unpaired) electrons. The predicted octanol–water partition coefficient (Wildman–Crippen LogP) is 3.56. The number of hydrogen-bond acceptors (Lipinski definition) is 4. The molecule has 0 unspecified atom stereocenters. The zero-order chi connectivity index (χ0) is 15.1. The minimum Gasteiger partial charge on any atom is -0.462 e. The van der Waals surface area contributed by atoms with Crippen LogP contribution in [0.5, 0.6) is 0 Å². The van der Waals surface area contributed by atoms with Gasteiger partial charge in [0.1, 0.15) is 11.3 Å². The van der Waals surface area contributed by atoms with Gasteiger partial charge < -0.3 is 9.15 Å². The molecule has 0 spiro atoms. The molecule has 1 aromatic rings. The molecular formula is C16H24O4. The first-order valence-electron chi connectivity index (χ1n) is 7.33. The summed E-state index contributed by atoms with van der Waals surface area (Å²) in [5, 5.41) is 0. The van der Waals surface area contributed by atoms with Crippen LogP contribution in [0.1, 0.15) is 66.8 Å². The Morgan fingerprint density at radius 2 is 1.85 bits per heavy atom. The Morgan fingerprint density at radius 3 is 2.45 bits per heavy atom. The molecule has 1 heterocycles. The predicted molar refractivity (Wildman–Crippen MR) is 78.3 cm³/mol. The number of ether oxygens (including phenoxy) is 1. The van der Waals surface area contributed by atoms with Gasteiger partial charge in [0.05, 0.1) is 6.61 Å². The summed E-state index contributed by atoms with van der Waals surface area (Å²) >= 11 is 0. The monoisotopic (exact) mass is 280 g/mol. The van der Waals surface area contributed by atoms with E-state index in [1.165, 1.54) is 12.8 Å². The van der Waals surface area contributed by atoms with Gasteiger partial charge in [-0.2, -0.15) is 0 Å². The Balaban J connectivity index is 3.03. The zero-order valence-electron chi connectivity index (χ0n) is 12.9. The number of esters is 1. The van der Waals surface area contributed by atoms with Gasteiger partial charge in [-0.1, -0.05) is 26.2 Å². The quantitative estimate of drug-likeness (QED) is 0.566. The van der Waals surface area contributed by atoms with Gasteiger partial charge in [-0.25, -0.2) is 9.59 Å². The second-order valence-corrected chi connectivity index (χ2v) is 4.96.